The second kappa shape index (κ2) is 7.17. The quantitative estimate of drug-likeness (QED) is 0.754. The minimum atomic E-state index is -0.549. The fourth-order valence-electron chi connectivity index (χ4n) is 2.12. The molecule has 1 atom stereocenters. The highest BCUT2D eigenvalue weighted by Crippen LogP contribution is 2.18. The predicted molar refractivity (Wildman–Crippen MR) is 82.2 cm³/mol. The Morgan fingerprint density at radius 2 is 1.78 bits per heavy atom. The van der Waals surface area contributed by atoms with Crippen LogP contribution in [-0.4, -0.2) is 26.7 Å². The maximum atomic E-state index is 12.1. The SMILES string of the molecule is O=C(N[C@@H](c1ccccc1)c1nn[nH]n1)OCc1ccccc1. The minimum absolute atomic E-state index is 0.195. The average Bonchev–Trinajstić information content (AvgIpc) is 3.14. The van der Waals surface area contributed by atoms with Crippen LogP contribution in [0.5, 0.6) is 0 Å². The van der Waals surface area contributed by atoms with Gasteiger partial charge in [0.2, 0.25) is 5.82 Å². The van der Waals surface area contributed by atoms with Crippen LogP contribution in [0.3, 0.4) is 0 Å². The van der Waals surface area contributed by atoms with E-state index in [1.807, 2.05) is 60.7 Å². The third-order valence-corrected chi connectivity index (χ3v) is 3.23. The number of benzene rings is 2. The van der Waals surface area contributed by atoms with Gasteiger partial charge in [-0.3, -0.25) is 0 Å². The number of tetrazole rings is 1. The molecule has 1 amide bonds. The van der Waals surface area contributed by atoms with Gasteiger partial charge in [-0.15, -0.1) is 10.2 Å². The van der Waals surface area contributed by atoms with Gasteiger partial charge in [0, 0.05) is 0 Å². The maximum Gasteiger partial charge on any atom is 0.408 e. The smallest absolute Gasteiger partial charge is 0.408 e. The van der Waals surface area contributed by atoms with Crippen molar-refractivity contribution in [1.82, 2.24) is 25.9 Å². The lowest BCUT2D eigenvalue weighted by atomic mass is 10.1. The van der Waals surface area contributed by atoms with Gasteiger partial charge in [0.15, 0.2) is 0 Å². The molecule has 0 unspecified atom stereocenters. The van der Waals surface area contributed by atoms with Crippen LogP contribution in [0.4, 0.5) is 4.79 Å². The Labute approximate surface area is 132 Å². The van der Waals surface area contributed by atoms with E-state index in [4.69, 9.17) is 4.74 Å². The molecule has 23 heavy (non-hydrogen) atoms. The second-order valence-electron chi connectivity index (χ2n) is 4.82. The fraction of sp³-hybridized carbons (Fsp3) is 0.125. The Hall–Kier alpha value is -3.22. The Kier molecular flexibility index (Phi) is 4.58. The van der Waals surface area contributed by atoms with Crippen LogP contribution >= 0.6 is 0 Å². The zero-order valence-corrected chi connectivity index (χ0v) is 12.2. The number of nitrogens with one attached hydrogen (secondary N) is 2. The number of aromatic amines is 1. The molecule has 2 aromatic carbocycles. The fourth-order valence-corrected chi connectivity index (χ4v) is 2.12. The zero-order valence-electron chi connectivity index (χ0n) is 12.2. The lowest BCUT2D eigenvalue weighted by Crippen LogP contribution is -2.30. The molecular weight excluding hydrogens is 294 g/mol. The molecule has 0 saturated heterocycles. The first-order chi connectivity index (χ1) is 11.3. The van der Waals surface area contributed by atoms with Crippen molar-refractivity contribution in [3.8, 4) is 0 Å². The highest BCUT2D eigenvalue weighted by atomic mass is 16.5. The van der Waals surface area contributed by atoms with E-state index in [0.29, 0.717) is 5.82 Å². The molecule has 1 heterocycles. The molecule has 7 heteroatoms. The van der Waals surface area contributed by atoms with Crippen LogP contribution in [0.15, 0.2) is 60.7 Å². The van der Waals surface area contributed by atoms with Gasteiger partial charge in [0.05, 0.1) is 0 Å². The van der Waals surface area contributed by atoms with Crippen molar-refractivity contribution in [2.45, 2.75) is 12.6 Å². The van der Waals surface area contributed by atoms with Gasteiger partial charge in [-0.25, -0.2) is 4.79 Å². The number of aromatic nitrogens is 4. The van der Waals surface area contributed by atoms with Gasteiger partial charge < -0.3 is 10.1 Å². The summed E-state index contributed by atoms with van der Waals surface area (Å²) in [6.07, 6.45) is -0.549. The number of alkyl carbamates (subject to hydrolysis) is 1. The largest absolute Gasteiger partial charge is 0.445 e. The Balaban J connectivity index is 1.68. The van der Waals surface area contributed by atoms with Crippen LogP contribution in [0.1, 0.15) is 23.0 Å². The zero-order chi connectivity index (χ0) is 15.9. The van der Waals surface area contributed by atoms with E-state index in [1.165, 1.54) is 0 Å². The van der Waals surface area contributed by atoms with Gasteiger partial charge in [-0.1, -0.05) is 65.9 Å². The third-order valence-electron chi connectivity index (χ3n) is 3.23. The molecule has 0 spiro atoms. The van der Waals surface area contributed by atoms with Crippen molar-refractivity contribution < 1.29 is 9.53 Å². The van der Waals surface area contributed by atoms with Crippen LogP contribution in [0, 0.1) is 0 Å². The van der Waals surface area contributed by atoms with Crippen molar-refractivity contribution in [2.24, 2.45) is 0 Å². The Morgan fingerprint density at radius 3 is 2.43 bits per heavy atom. The first kappa shape index (κ1) is 14.7. The normalized spacial score (nSPS) is 11.7. The summed E-state index contributed by atoms with van der Waals surface area (Å²) in [5.74, 6) is 0.368. The van der Waals surface area contributed by atoms with E-state index in [1.54, 1.807) is 0 Å². The van der Waals surface area contributed by atoms with Crippen molar-refractivity contribution in [3.05, 3.63) is 77.6 Å². The highest BCUT2D eigenvalue weighted by molar-refractivity contribution is 5.68. The molecule has 0 saturated carbocycles. The number of ether oxygens (including phenoxy) is 1. The van der Waals surface area contributed by atoms with Crippen LogP contribution in [0.25, 0.3) is 0 Å². The van der Waals surface area contributed by atoms with Crippen molar-refractivity contribution in [1.29, 1.82) is 0 Å². The van der Waals surface area contributed by atoms with Gasteiger partial charge in [0.1, 0.15) is 12.6 Å². The molecule has 0 radical (unpaired) electrons. The van der Waals surface area contributed by atoms with Gasteiger partial charge in [-0.2, -0.15) is 5.21 Å². The second-order valence-corrected chi connectivity index (χ2v) is 4.82. The van der Waals surface area contributed by atoms with Crippen LogP contribution in [0.2, 0.25) is 0 Å². The number of rotatable bonds is 5. The number of nitrogens with zero attached hydrogens (tertiary/aromatic N) is 3. The molecule has 3 aromatic rings. The maximum absolute atomic E-state index is 12.1. The standard InChI is InChI=1S/C16H15N5O2/c22-16(23-11-12-7-3-1-4-8-12)17-14(15-18-20-21-19-15)13-9-5-2-6-10-13/h1-10,14H,11H2,(H,17,22)(H,18,19,20,21)/t14-/m0/s1. The Bertz CT molecular complexity index is 732. The highest BCUT2D eigenvalue weighted by Gasteiger charge is 2.21. The molecule has 2 N–H and O–H groups in total. The summed E-state index contributed by atoms with van der Waals surface area (Å²) in [6, 6.07) is 18.3. The number of carbonyl (C=O) groups excluding carboxylic acids is 1. The van der Waals surface area contributed by atoms with Crippen molar-refractivity contribution in [2.75, 3.05) is 0 Å². The molecular formula is C16H15N5O2. The summed E-state index contributed by atoms with van der Waals surface area (Å²) in [4.78, 5) is 12.1. The average molecular weight is 309 g/mol. The summed E-state index contributed by atoms with van der Waals surface area (Å²) in [6.45, 7) is 0.195. The molecule has 0 aliphatic rings. The molecule has 0 aliphatic carbocycles. The molecule has 116 valence electrons. The number of H-pyrrole nitrogens is 1. The number of carbonyl (C=O) groups is 1. The number of hydrogen-bond donors (Lipinski definition) is 2. The van der Waals surface area contributed by atoms with E-state index < -0.39 is 12.1 Å². The minimum Gasteiger partial charge on any atom is -0.445 e. The lowest BCUT2D eigenvalue weighted by Gasteiger charge is -2.15. The van der Waals surface area contributed by atoms with Crippen molar-refractivity contribution in [3.63, 3.8) is 0 Å². The van der Waals surface area contributed by atoms with Crippen molar-refractivity contribution >= 4 is 6.09 Å². The van der Waals surface area contributed by atoms with E-state index in [-0.39, 0.29) is 6.61 Å². The summed E-state index contributed by atoms with van der Waals surface area (Å²) < 4.78 is 5.24. The van der Waals surface area contributed by atoms with E-state index >= 15 is 0 Å². The topological polar surface area (TPSA) is 92.8 Å². The molecule has 7 nitrogen and oxygen atoms in total. The number of hydrogen-bond acceptors (Lipinski definition) is 5. The summed E-state index contributed by atoms with van der Waals surface area (Å²) in [5, 5.41) is 16.6. The molecule has 0 aliphatic heterocycles. The third kappa shape index (κ3) is 3.91. The molecule has 0 fully saturated rings. The summed E-state index contributed by atoms with van der Waals surface area (Å²) >= 11 is 0. The van der Waals surface area contributed by atoms with Crippen LogP contribution in [-0.2, 0) is 11.3 Å². The summed E-state index contributed by atoms with van der Waals surface area (Å²) in [5.41, 5.74) is 1.75. The van der Waals surface area contributed by atoms with E-state index in [2.05, 4.69) is 25.9 Å². The molecule has 3 rings (SSSR count). The number of amides is 1. The van der Waals surface area contributed by atoms with Gasteiger partial charge in [-0.05, 0) is 11.1 Å². The molecule has 0 bridgehead atoms. The first-order valence-electron chi connectivity index (χ1n) is 7.08. The predicted octanol–water partition coefficient (Wildman–Crippen LogP) is 2.22. The van der Waals surface area contributed by atoms with Crippen LogP contribution < -0.4 is 5.32 Å². The first-order valence-corrected chi connectivity index (χ1v) is 7.08. The molecule has 1 aromatic heterocycles. The van der Waals surface area contributed by atoms with E-state index in [0.717, 1.165) is 11.1 Å². The lowest BCUT2D eigenvalue weighted by molar-refractivity contribution is 0.137. The van der Waals surface area contributed by atoms with Gasteiger partial charge >= 0.3 is 6.09 Å². The summed E-state index contributed by atoms with van der Waals surface area (Å²) in [7, 11) is 0. The van der Waals surface area contributed by atoms with E-state index in [9.17, 15) is 4.79 Å². The monoisotopic (exact) mass is 309 g/mol. The van der Waals surface area contributed by atoms with Gasteiger partial charge in [0.25, 0.3) is 0 Å². The Morgan fingerprint density at radius 1 is 1.09 bits per heavy atom.